The zero-order valence-corrected chi connectivity index (χ0v) is 11.6. The number of nitrogens with zero attached hydrogens (tertiary/aromatic N) is 1. The molecule has 0 radical (unpaired) electrons. The Morgan fingerprint density at radius 2 is 2.16 bits per heavy atom. The van der Waals surface area contributed by atoms with E-state index in [0.29, 0.717) is 11.9 Å². The van der Waals surface area contributed by atoms with Crippen LogP contribution < -0.4 is 16.4 Å². The molecule has 5 heteroatoms. The van der Waals surface area contributed by atoms with Crippen molar-refractivity contribution >= 4 is 11.6 Å². The predicted molar refractivity (Wildman–Crippen MR) is 78.8 cm³/mol. The number of hydrogen-bond acceptors (Lipinski definition) is 2. The van der Waals surface area contributed by atoms with Crippen LogP contribution in [0.25, 0.3) is 0 Å². The molecule has 1 rings (SSSR count). The lowest BCUT2D eigenvalue weighted by atomic mass is 10.2. The van der Waals surface area contributed by atoms with E-state index in [1.807, 2.05) is 6.07 Å². The fourth-order valence-electron chi connectivity index (χ4n) is 1.47. The molecule has 0 aliphatic heterocycles. The third-order valence-electron chi connectivity index (χ3n) is 2.44. The summed E-state index contributed by atoms with van der Waals surface area (Å²) in [6.07, 6.45) is 0.883. The highest BCUT2D eigenvalue weighted by Crippen LogP contribution is 2.08. The van der Waals surface area contributed by atoms with E-state index in [2.05, 4.69) is 29.5 Å². The van der Waals surface area contributed by atoms with E-state index in [1.165, 1.54) is 12.1 Å². The minimum atomic E-state index is -0.229. The second-order valence-electron chi connectivity index (χ2n) is 4.84. The standard InChI is InChI=1S/C14H23FN4/c1-11(2)10-19-14(16)18-8-4-7-17-13-6-3-5-12(15)9-13/h3,5-6,9,11,17H,4,7-8,10H2,1-2H3,(H3,16,18,19). The zero-order valence-electron chi connectivity index (χ0n) is 11.6. The first kappa shape index (κ1) is 15.3. The minimum Gasteiger partial charge on any atom is -0.385 e. The second kappa shape index (κ2) is 8.34. The highest BCUT2D eigenvalue weighted by atomic mass is 19.1. The van der Waals surface area contributed by atoms with Gasteiger partial charge in [0.25, 0.3) is 0 Å². The fraction of sp³-hybridized carbons (Fsp3) is 0.500. The Morgan fingerprint density at radius 1 is 1.37 bits per heavy atom. The summed E-state index contributed by atoms with van der Waals surface area (Å²) >= 11 is 0. The van der Waals surface area contributed by atoms with Gasteiger partial charge >= 0.3 is 0 Å². The lowest BCUT2D eigenvalue weighted by Crippen LogP contribution is -2.33. The van der Waals surface area contributed by atoms with Crippen molar-refractivity contribution in [3.63, 3.8) is 0 Å². The summed E-state index contributed by atoms with van der Waals surface area (Å²) in [7, 11) is 0. The van der Waals surface area contributed by atoms with Crippen LogP contribution in [0.15, 0.2) is 29.3 Å². The third kappa shape index (κ3) is 7.28. The maximum absolute atomic E-state index is 12.9. The average Bonchev–Trinajstić information content (AvgIpc) is 2.36. The molecule has 1 aromatic carbocycles. The van der Waals surface area contributed by atoms with Gasteiger partial charge in [0.05, 0.1) is 0 Å². The number of benzene rings is 1. The number of rotatable bonds is 7. The van der Waals surface area contributed by atoms with Crippen LogP contribution in [-0.2, 0) is 0 Å². The van der Waals surface area contributed by atoms with E-state index in [9.17, 15) is 4.39 Å². The van der Waals surface area contributed by atoms with Crippen LogP contribution in [-0.4, -0.2) is 25.6 Å². The molecular weight excluding hydrogens is 243 g/mol. The summed E-state index contributed by atoms with van der Waals surface area (Å²) in [5, 5.41) is 6.20. The molecule has 0 bridgehead atoms. The molecule has 106 valence electrons. The van der Waals surface area contributed by atoms with Gasteiger partial charge in [0.1, 0.15) is 5.82 Å². The molecule has 1 aromatic rings. The van der Waals surface area contributed by atoms with Gasteiger partial charge in [-0.3, -0.25) is 4.99 Å². The summed E-state index contributed by atoms with van der Waals surface area (Å²) in [6.45, 7) is 6.43. The number of nitrogens with one attached hydrogen (secondary N) is 2. The summed E-state index contributed by atoms with van der Waals surface area (Å²) in [6, 6.07) is 6.44. The molecule has 0 spiro atoms. The Morgan fingerprint density at radius 3 is 2.84 bits per heavy atom. The minimum absolute atomic E-state index is 0.229. The number of hydrogen-bond donors (Lipinski definition) is 3. The normalized spacial score (nSPS) is 11.7. The molecule has 0 aliphatic carbocycles. The van der Waals surface area contributed by atoms with Gasteiger partial charge < -0.3 is 16.4 Å². The number of halogens is 1. The number of anilines is 1. The number of guanidine groups is 1. The molecule has 0 saturated heterocycles. The van der Waals surface area contributed by atoms with Gasteiger partial charge in [-0.25, -0.2) is 4.39 Å². The Hall–Kier alpha value is -1.78. The lowest BCUT2D eigenvalue weighted by molar-refractivity contribution is 0.628. The van der Waals surface area contributed by atoms with E-state index >= 15 is 0 Å². The lowest BCUT2D eigenvalue weighted by Gasteiger charge is -2.08. The van der Waals surface area contributed by atoms with Gasteiger partial charge in [0, 0.05) is 25.3 Å². The molecule has 4 N–H and O–H groups in total. The van der Waals surface area contributed by atoms with E-state index in [-0.39, 0.29) is 5.82 Å². The van der Waals surface area contributed by atoms with E-state index in [1.54, 1.807) is 6.07 Å². The van der Waals surface area contributed by atoms with Gasteiger partial charge in [-0.15, -0.1) is 0 Å². The van der Waals surface area contributed by atoms with Crippen molar-refractivity contribution in [3.8, 4) is 0 Å². The first-order valence-electron chi connectivity index (χ1n) is 6.61. The molecule has 0 aromatic heterocycles. The first-order valence-corrected chi connectivity index (χ1v) is 6.61. The van der Waals surface area contributed by atoms with Crippen molar-refractivity contribution < 1.29 is 4.39 Å². The smallest absolute Gasteiger partial charge is 0.188 e. The molecule has 0 saturated carbocycles. The van der Waals surface area contributed by atoms with E-state index in [0.717, 1.165) is 31.7 Å². The van der Waals surface area contributed by atoms with Gasteiger partial charge in [-0.1, -0.05) is 19.9 Å². The van der Waals surface area contributed by atoms with Crippen molar-refractivity contribution in [1.82, 2.24) is 5.32 Å². The van der Waals surface area contributed by atoms with Crippen molar-refractivity contribution in [2.45, 2.75) is 20.3 Å². The molecule has 0 fully saturated rings. The predicted octanol–water partition coefficient (Wildman–Crippen LogP) is 2.19. The fourth-order valence-corrected chi connectivity index (χ4v) is 1.47. The maximum Gasteiger partial charge on any atom is 0.188 e. The molecular formula is C14H23FN4. The quantitative estimate of drug-likeness (QED) is 0.403. The Bertz CT molecular complexity index is 404. The third-order valence-corrected chi connectivity index (χ3v) is 2.44. The van der Waals surface area contributed by atoms with E-state index < -0.39 is 0 Å². The highest BCUT2D eigenvalue weighted by molar-refractivity contribution is 5.77. The number of aliphatic imine (C=N–C) groups is 1. The van der Waals surface area contributed by atoms with Gasteiger partial charge in [0.15, 0.2) is 5.96 Å². The average molecular weight is 266 g/mol. The van der Waals surface area contributed by atoms with Crippen molar-refractivity contribution in [1.29, 1.82) is 0 Å². The van der Waals surface area contributed by atoms with Crippen LogP contribution in [0.1, 0.15) is 20.3 Å². The summed E-state index contributed by atoms with van der Waals surface area (Å²) in [5.41, 5.74) is 6.50. The Balaban J connectivity index is 2.13. The van der Waals surface area contributed by atoms with Crippen LogP contribution in [0.4, 0.5) is 10.1 Å². The van der Waals surface area contributed by atoms with Crippen LogP contribution in [0.2, 0.25) is 0 Å². The topological polar surface area (TPSA) is 62.4 Å². The van der Waals surface area contributed by atoms with Gasteiger partial charge in [-0.2, -0.15) is 0 Å². The summed E-state index contributed by atoms with van der Waals surface area (Å²) < 4.78 is 12.9. The van der Waals surface area contributed by atoms with Crippen LogP contribution >= 0.6 is 0 Å². The van der Waals surface area contributed by atoms with Gasteiger partial charge in [0.2, 0.25) is 0 Å². The SMILES string of the molecule is CC(C)CN=C(N)NCCCNc1cccc(F)c1. The molecule has 0 aliphatic rings. The van der Waals surface area contributed by atoms with Crippen LogP contribution in [0.5, 0.6) is 0 Å². The summed E-state index contributed by atoms with van der Waals surface area (Å²) in [5.74, 6) is 0.766. The van der Waals surface area contributed by atoms with Crippen LogP contribution in [0, 0.1) is 11.7 Å². The molecule has 0 heterocycles. The molecule has 0 unspecified atom stereocenters. The Kier molecular flexibility index (Phi) is 6.71. The molecule has 4 nitrogen and oxygen atoms in total. The number of nitrogens with two attached hydrogens (primary N) is 1. The second-order valence-corrected chi connectivity index (χ2v) is 4.84. The highest BCUT2D eigenvalue weighted by Gasteiger charge is 1.96. The van der Waals surface area contributed by atoms with Crippen LogP contribution in [0.3, 0.4) is 0 Å². The maximum atomic E-state index is 12.9. The molecule has 0 atom stereocenters. The zero-order chi connectivity index (χ0) is 14.1. The Labute approximate surface area is 114 Å². The largest absolute Gasteiger partial charge is 0.385 e. The van der Waals surface area contributed by atoms with Crippen molar-refractivity contribution in [3.05, 3.63) is 30.1 Å². The van der Waals surface area contributed by atoms with E-state index in [4.69, 9.17) is 5.73 Å². The van der Waals surface area contributed by atoms with Crippen molar-refractivity contribution in [2.24, 2.45) is 16.6 Å². The van der Waals surface area contributed by atoms with Gasteiger partial charge in [-0.05, 0) is 30.5 Å². The monoisotopic (exact) mass is 266 g/mol. The molecule has 19 heavy (non-hydrogen) atoms. The summed E-state index contributed by atoms with van der Waals surface area (Å²) in [4.78, 5) is 4.20. The molecule has 0 amide bonds. The van der Waals surface area contributed by atoms with Crippen molar-refractivity contribution in [2.75, 3.05) is 25.0 Å². The first-order chi connectivity index (χ1) is 9.08.